The molecule has 262 valence electrons. The third-order valence-corrected chi connectivity index (χ3v) is 11.2. The fourth-order valence-electron chi connectivity index (χ4n) is 8.51. The van der Waals surface area contributed by atoms with Crippen molar-refractivity contribution in [2.75, 3.05) is 4.90 Å². The number of anilines is 3. The van der Waals surface area contributed by atoms with Crippen LogP contribution in [0.5, 0.6) is 0 Å². The van der Waals surface area contributed by atoms with Crippen LogP contribution in [0.4, 0.5) is 17.1 Å². The molecule has 11 rings (SSSR count). The Bertz CT molecular complexity index is 3230. The van der Waals surface area contributed by atoms with Crippen molar-refractivity contribution in [3.05, 3.63) is 212 Å². The topological polar surface area (TPSA) is 16.4 Å². The van der Waals surface area contributed by atoms with Crippen LogP contribution in [0.3, 0.4) is 0 Å². The number of hydrogen-bond donors (Lipinski definition) is 0. The molecule has 0 N–H and O–H groups in total. The Balaban J connectivity index is 1.03. The predicted molar refractivity (Wildman–Crippen MR) is 237 cm³/mol. The molecule has 10 aromatic carbocycles. The van der Waals surface area contributed by atoms with E-state index >= 15 is 0 Å². The number of benzene rings is 10. The maximum absolute atomic E-state index is 6.31. The summed E-state index contributed by atoms with van der Waals surface area (Å²) in [5, 5.41) is 9.66. The molecule has 0 unspecified atom stereocenters. The lowest BCUT2D eigenvalue weighted by Gasteiger charge is -2.26. The molecule has 0 radical (unpaired) electrons. The van der Waals surface area contributed by atoms with Crippen molar-refractivity contribution in [1.29, 1.82) is 0 Å². The Kier molecular flexibility index (Phi) is 7.53. The first-order valence-corrected chi connectivity index (χ1v) is 19.2. The summed E-state index contributed by atoms with van der Waals surface area (Å²) in [6, 6.07) is 76.5. The van der Waals surface area contributed by atoms with Gasteiger partial charge in [-0.2, -0.15) is 0 Å². The Morgan fingerprint density at radius 1 is 0.268 bits per heavy atom. The van der Waals surface area contributed by atoms with Crippen LogP contribution >= 0.6 is 0 Å². The normalized spacial score (nSPS) is 11.6. The van der Waals surface area contributed by atoms with Gasteiger partial charge in [0.25, 0.3) is 0 Å². The lowest BCUT2D eigenvalue weighted by atomic mass is 9.89. The summed E-state index contributed by atoms with van der Waals surface area (Å²) >= 11 is 0. The van der Waals surface area contributed by atoms with E-state index in [1.54, 1.807) is 0 Å². The second-order valence-electron chi connectivity index (χ2n) is 14.5. The Morgan fingerprint density at radius 3 is 1.64 bits per heavy atom. The largest absolute Gasteiger partial charge is 0.456 e. The van der Waals surface area contributed by atoms with Gasteiger partial charge < -0.3 is 9.32 Å². The number of nitrogens with zero attached hydrogens (tertiary/aromatic N) is 1. The Morgan fingerprint density at radius 2 is 0.857 bits per heavy atom. The molecule has 0 aliphatic heterocycles. The van der Waals surface area contributed by atoms with Crippen LogP contribution in [0, 0.1) is 0 Å². The average Bonchev–Trinajstić information content (AvgIpc) is 3.63. The number of hydrogen-bond acceptors (Lipinski definition) is 2. The van der Waals surface area contributed by atoms with E-state index in [9.17, 15) is 0 Å². The van der Waals surface area contributed by atoms with Crippen LogP contribution in [-0.4, -0.2) is 0 Å². The van der Waals surface area contributed by atoms with Crippen molar-refractivity contribution >= 4 is 71.3 Å². The summed E-state index contributed by atoms with van der Waals surface area (Å²) in [5.41, 5.74) is 12.3. The van der Waals surface area contributed by atoms with Crippen molar-refractivity contribution in [3.8, 4) is 33.4 Å². The fourth-order valence-corrected chi connectivity index (χ4v) is 8.51. The van der Waals surface area contributed by atoms with Gasteiger partial charge in [-0.05, 0) is 126 Å². The zero-order valence-electron chi connectivity index (χ0n) is 30.6. The minimum atomic E-state index is 0.900. The van der Waals surface area contributed by atoms with Crippen LogP contribution < -0.4 is 4.90 Å². The van der Waals surface area contributed by atoms with Gasteiger partial charge in [-0.3, -0.25) is 0 Å². The van der Waals surface area contributed by atoms with E-state index in [-0.39, 0.29) is 0 Å². The van der Waals surface area contributed by atoms with Gasteiger partial charge in [-0.15, -0.1) is 0 Å². The third kappa shape index (κ3) is 5.42. The molecule has 0 amide bonds. The molecule has 0 bridgehead atoms. The van der Waals surface area contributed by atoms with Crippen molar-refractivity contribution in [1.82, 2.24) is 0 Å². The molecule has 0 atom stereocenters. The molecule has 2 nitrogen and oxygen atoms in total. The molecule has 0 aliphatic carbocycles. The average molecular weight is 714 g/mol. The van der Waals surface area contributed by atoms with Gasteiger partial charge in [0.15, 0.2) is 0 Å². The Hall–Kier alpha value is -7.42. The maximum atomic E-state index is 6.31. The highest BCUT2D eigenvalue weighted by molar-refractivity contribution is 6.15. The highest BCUT2D eigenvalue weighted by Gasteiger charge is 2.17. The lowest BCUT2D eigenvalue weighted by molar-refractivity contribution is 0.669. The molecule has 56 heavy (non-hydrogen) atoms. The molecular weight excluding hydrogens is 679 g/mol. The van der Waals surface area contributed by atoms with Gasteiger partial charge in [-0.25, -0.2) is 0 Å². The molecule has 1 aromatic heterocycles. The third-order valence-electron chi connectivity index (χ3n) is 11.2. The van der Waals surface area contributed by atoms with E-state index in [0.29, 0.717) is 0 Å². The number of rotatable bonds is 6. The highest BCUT2D eigenvalue weighted by atomic mass is 16.3. The van der Waals surface area contributed by atoms with E-state index in [0.717, 1.165) is 44.4 Å². The number of fused-ring (bicyclic) bond motifs is 7. The van der Waals surface area contributed by atoms with E-state index in [1.807, 2.05) is 12.1 Å². The molecule has 0 saturated heterocycles. The molecular formula is C54H35NO. The van der Waals surface area contributed by atoms with Gasteiger partial charge in [0.2, 0.25) is 0 Å². The maximum Gasteiger partial charge on any atom is 0.136 e. The first-order chi connectivity index (χ1) is 27.7. The van der Waals surface area contributed by atoms with Crippen molar-refractivity contribution < 1.29 is 4.42 Å². The zero-order chi connectivity index (χ0) is 37.0. The van der Waals surface area contributed by atoms with Crippen LogP contribution in [0.2, 0.25) is 0 Å². The molecule has 11 aromatic rings. The summed E-state index contributed by atoms with van der Waals surface area (Å²) in [7, 11) is 0. The van der Waals surface area contributed by atoms with E-state index in [2.05, 4.69) is 205 Å². The monoisotopic (exact) mass is 713 g/mol. The van der Waals surface area contributed by atoms with E-state index < -0.39 is 0 Å². The first kappa shape index (κ1) is 32.0. The van der Waals surface area contributed by atoms with Gasteiger partial charge in [-0.1, -0.05) is 152 Å². The fraction of sp³-hybridized carbons (Fsp3) is 0. The number of para-hydroxylation sites is 1. The standard InChI is InChI=1S/C54H35NO/c1-2-12-36(13-3-1)37-22-27-42(28-23-37)55(44-31-26-39-33-52-50-20-10-11-21-53(50)56-54(52)35-41(39)32-44)43-29-24-38(25-30-43)45-15-6-7-18-48(45)51-34-40-14-4-5-16-46(40)47-17-8-9-19-49(47)51/h1-35H. The Labute approximate surface area is 325 Å². The van der Waals surface area contributed by atoms with Crippen LogP contribution in [0.25, 0.3) is 87.6 Å². The van der Waals surface area contributed by atoms with E-state index in [4.69, 9.17) is 4.42 Å². The van der Waals surface area contributed by atoms with Crippen molar-refractivity contribution in [2.24, 2.45) is 0 Å². The first-order valence-electron chi connectivity index (χ1n) is 19.2. The SMILES string of the molecule is c1ccc(-c2ccc(N(c3ccc(-c4ccccc4-c4cc5ccccc5c5ccccc45)cc3)c3ccc4cc5c(cc4c3)oc3ccccc35)cc2)cc1. The minimum absolute atomic E-state index is 0.900. The highest BCUT2D eigenvalue weighted by Crippen LogP contribution is 2.42. The summed E-state index contributed by atoms with van der Waals surface area (Å²) in [6.45, 7) is 0. The summed E-state index contributed by atoms with van der Waals surface area (Å²) in [4.78, 5) is 2.35. The second-order valence-corrected chi connectivity index (χ2v) is 14.5. The lowest BCUT2D eigenvalue weighted by Crippen LogP contribution is -2.09. The molecule has 0 spiro atoms. The van der Waals surface area contributed by atoms with Crippen molar-refractivity contribution in [3.63, 3.8) is 0 Å². The summed E-state index contributed by atoms with van der Waals surface area (Å²) in [6.07, 6.45) is 0. The smallest absolute Gasteiger partial charge is 0.136 e. The summed E-state index contributed by atoms with van der Waals surface area (Å²) in [5.74, 6) is 0. The van der Waals surface area contributed by atoms with Gasteiger partial charge in [0.1, 0.15) is 11.2 Å². The quantitative estimate of drug-likeness (QED) is 0.160. The van der Waals surface area contributed by atoms with Crippen molar-refractivity contribution in [2.45, 2.75) is 0 Å². The van der Waals surface area contributed by atoms with Gasteiger partial charge in [0.05, 0.1) is 0 Å². The van der Waals surface area contributed by atoms with Gasteiger partial charge >= 0.3 is 0 Å². The van der Waals surface area contributed by atoms with Gasteiger partial charge in [0, 0.05) is 27.8 Å². The molecule has 0 fully saturated rings. The van der Waals surface area contributed by atoms with E-state index in [1.165, 1.54) is 60.3 Å². The predicted octanol–water partition coefficient (Wildman–Crippen LogP) is 15.5. The van der Waals surface area contributed by atoms with Crippen LogP contribution in [0.1, 0.15) is 0 Å². The summed E-state index contributed by atoms with van der Waals surface area (Å²) < 4.78 is 6.31. The molecule has 1 heterocycles. The minimum Gasteiger partial charge on any atom is -0.456 e. The van der Waals surface area contributed by atoms with Crippen LogP contribution in [-0.2, 0) is 0 Å². The zero-order valence-corrected chi connectivity index (χ0v) is 30.6. The number of furan rings is 1. The second kappa shape index (κ2) is 13.2. The molecule has 0 aliphatic rings. The molecule has 0 saturated carbocycles. The van der Waals surface area contributed by atoms with Crippen LogP contribution in [0.15, 0.2) is 217 Å². The molecule has 2 heteroatoms.